The van der Waals surface area contributed by atoms with Crippen molar-refractivity contribution in [2.24, 2.45) is 11.3 Å². The fraction of sp³-hybridized carbons (Fsp3) is 0.652. The number of unbranched alkanes of at least 4 members (excludes halogenated alkanes) is 1. The zero-order valence-electron chi connectivity index (χ0n) is 17.8. The van der Waals surface area contributed by atoms with Gasteiger partial charge in [0.2, 0.25) is 0 Å². The van der Waals surface area contributed by atoms with Crippen LogP contribution in [0.15, 0.2) is 36.4 Å². The van der Waals surface area contributed by atoms with Gasteiger partial charge < -0.3 is 15.2 Å². The van der Waals surface area contributed by atoms with Crippen LogP contribution in [-0.4, -0.2) is 25.9 Å². The summed E-state index contributed by atoms with van der Waals surface area (Å²) >= 11 is 0. The summed E-state index contributed by atoms with van der Waals surface area (Å²) in [6.45, 7) is 10.8. The molecule has 0 atom stereocenters. The van der Waals surface area contributed by atoms with Gasteiger partial charge in [-0.25, -0.2) is 0 Å². The van der Waals surface area contributed by atoms with Gasteiger partial charge in [0.1, 0.15) is 5.75 Å². The molecule has 0 saturated heterocycles. The molecule has 152 valence electrons. The first-order chi connectivity index (χ1) is 12.4. The van der Waals surface area contributed by atoms with Gasteiger partial charge >= 0.3 is 0 Å². The second-order valence-corrected chi connectivity index (χ2v) is 7.96. The van der Waals surface area contributed by atoms with E-state index in [0.717, 1.165) is 31.9 Å². The maximum absolute atomic E-state index is 7.00. The normalized spacial score (nSPS) is 13.5. The SMILES string of the molecule is CCC/C=C/CC(C)(C)C.CNCc1cccc(OCC2CC2)c1.CO.[HH]. The van der Waals surface area contributed by atoms with Crippen LogP contribution in [0.2, 0.25) is 0 Å². The van der Waals surface area contributed by atoms with E-state index in [-0.39, 0.29) is 1.43 Å². The number of aliphatic hydroxyl groups is 1. The van der Waals surface area contributed by atoms with Crippen LogP contribution in [-0.2, 0) is 6.54 Å². The minimum atomic E-state index is 0. The van der Waals surface area contributed by atoms with Crippen molar-refractivity contribution in [2.75, 3.05) is 20.8 Å². The van der Waals surface area contributed by atoms with E-state index >= 15 is 0 Å². The third-order valence-electron chi connectivity index (χ3n) is 3.81. The van der Waals surface area contributed by atoms with Crippen LogP contribution in [0.25, 0.3) is 0 Å². The number of hydrogen-bond acceptors (Lipinski definition) is 3. The van der Waals surface area contributed by atoms with Crippen LogP contribution in [0.5, 0.6) is 5.75 Å². The monoisotopic (exact) mass is 365 g/mol. The first-order valence-electron chi connectivity index (χ1n) is 9.90. The van der Waals surface area contributed by atoms with Gasteiger partial charge in [-0.15, -0.1) is 0 Å². The highest BCUT2D eigenvalue weighted by atomic mass is 16.5. The number of aliphatic hydroxyl groups excluding tert-OH is 1. The molecule has 0 aliphatic heterocycles. The van der Waals surface area contributed by atoms with Crippen LogP contribution in [0, 0.1) is 11.3 Å². The van der Waals surface area contributed by atoms with Crippen molar-refractivity contribution in [3.8, 4) is 5.75 Å². The second-order valence-electron chi connectivity index (χ2n) is 7.96. The summed E-state index contributed by atoms with van der Waals surface area (Å²) in [5.41, 5.74) is 1.74. The standard InChI is InChI=1S/C12H17NO.C10H20.CH4O.H2/c1-13-8-11-3-2-4-12(7-11)14-9-10-5-6-10;1-5-6-7-8-9-10(2,3)4;1-2;/h2-4,7,10,13H,5-6,8-9H2,1H3;7-8H,5-6,9H2,1-4H3;2H,1H3;1H/b;8-7+;;. The van der Waals surface area contributed by atoms with E-state index in [2.05, 4.69) is 63.4 Å². The molecule has 26 heavy (non-hydrogen) atoms. The maximum Gasteiger partial charge on any atom is 0.119 e. The summed E-state index contributed by atoms with van der Waals surface area (Å²) in [5, 5.41) is 10.1. The van der Waals surface area contributed by atoms with Crippen LogP contribution in [0.1, 0.15) is 66.8 Å². The van der Waals surface area contributed by atoms with Gasteiger partial charge in [-0.3, -0.25) is 0 Å². The Bertz CT molecular complexity index is 480. The summed E-state index contributed by atoms with van der Waals surface area (Å²) in [7, 11) is 2.96. The Morgan fingerprint density at radius 2 is 1.92 bits per heavy atom. The van der Waals surface area contributed by atoms with E-state index in [1.807, 2.05) is 13.1 Å². The van der Waals surface area contributed by atoms with Crippen LogP contribution >= 0.6 is 0 Å². The van der Waals surface area contributed by atoms with E-state index in [4.69, 9.17) is 9.84 Å². The Hall–Kier alpha value is -1.32. The molecule has 1 fully saturated rings. The number of benzene rings is 1. The van der Waals surface area contributed by atoms with Crippen molar-refractivity contribution < 1.29 is 11.3 Å². The largest absolute Gasteiger partial charge is 0.493 e. The highest BCUT2D eigenvalue weighted by Crippen LogP contribution is 2.29. The molecule has 0 unspecified atom stereocenters. The van der Waals surface area contributed by atoms with Crippen molar-refractivity contribution in [3.63, 3.8) is 0 Å². The summed E-state index contributed by atoms with van der Waals surface area (Å²) in [4.78, 5) is 0. The smallest absolute Gasteiger partial charge is 0.119 e. The van der Waals surface area contributed by atoms with Crippen molar-refractivity contribution in [1.82, 2.24) is 5.32 Å². The quantitative estimate of drug-likeness (QED) is 0.570. The Kier molecular flexibility index (Phi) is 14.1. The number of hydrogen-bond donors (Lipinski definition) is 2. The van der Waals surface area contributed by atoms with Crippen LogP contribution in [0.4, 0.5) is 0 Å². The molecule has 1 aliphatic rings. The zero-order valence-corrected chi connectivity index (χ0v) is 17.8. The Morgan fingerprint density at radius 1 is 1.23 bits per heavy atom. The Labute approximate surface area is 163 Å². The van der Waals surface area contributed by atoms with Gasteiger partial charge in [0.15, 0.2) is 0 Å². The van der Waals surface area contributed by atoms with Crippen LogP contribution in [0.3, 0.4) is 0 Å². The van der Waals surface area contributed by atoms with E-state index in [1.165, 1.54) is 37.7 Å². The first kappa shape index (κ1) is 24.7. The Balaban J connectivity index is 0. The van der Waals surface area contributed by atoms with Gasteiger partial charge in [-0.2, -0.15) is 0 Å². The molecule has 2 rings (SSSR count). The molecule has 1 saturated carbocycles. The summed E-state index contributed by atoms with van der Waals surface area (Å²) < 4.78 is 5.69. The van der Waals surface area contributed by atoms with Crippen molar-refractivity contribution in [2.45, 2.75) is 66.3 Å². The average Bonchev–Trinajstić information content (AvgIpc) is 3.44. The summed E-state index contributed by atoms with van der Waals surface area (Å²) in [6, 6.07) is 8.30. The minimum Gasteiger partial charge on any atom is -0.493 e. The molecule has 0 radical (unpaired) electrons. The molecule has 0 amide bonds. The predicted octanol–water partition coefficient (Wildman–Crippen LogP) is 5.83. The number of nitrogens with one attached hydrogen (secondary N) is 1. The van der Waals surface area contributed by atoms with Gasteiger partial charge in [-0.1, -0.05) is 58.4 Å². The zero-order chi connectivity index (χ0) is 19.8. The molecular weight excluding hydrogens is 322 g/mol. The van der Waals surface area contributed by atoms with Crippen molar-refractivity contribution in [3.05, 3.63) is 42.0 Å². The van der Waals surface area contributed by atoms with Gasteiger partial charge in [0, 0.05) is 15.1 Å². The third kappa shape index (κ3) is 15.0. The summed E-state index contributed by atoms with van der Waals surface area (Å²) in [6.07, 6.45) is 11.0. The lowest BCUT2D eigenvalue weighted by Gasteiger charge is -2.14. The first-order valence-corrected chi connectivity index (χ1v) is 9.90. The summed E-state index contributed by atoms with van der Waals surface area (Å²) in [5.74, 6) is 1.83. The highest BCUT2D eigenvalue weighted by Gasteiger charge is 2.21. The number of allylic oxidation sites excluding steroid dienone is 2. The number of rotatable bonds is 8. The van der Waals surface area contributed by atoms with Gasteiger partial charge in [0.05, 0.1) is 6.61 Å². The van der Waals surface area contributed by atoms with Crippen LogP contribution < -0.4 is 10.1 Å². The fourth-order valence-electron chi connectivity index (χ4n) is 2.17. The molecule has 3 heteroatoms. The lowest BCUT2D eigenvalue weighted by molar-refractivity contribution is 0.299. The van der Waals surface area contributed by atoms with E-state index in [0.29, 0.717) is 5.41 Å². The van der Waals surface area contributed by atoms with E-state index < -0.39 is 0 Å². The molecule has 1 aliphatic carbocycles. The van der Waals surface area contributed by atoms with Crippen molar-refractivity contribution in [1.29, 1.82) is 0 Å². The molecule has 0 aromatic heterocycles. The van der Waals surface area contributed by atoms with Gasteiger partial charge in [0.25, 0.3) is 0 Å². The molecule has 3 nitrogen and oxygen atoms in total. The molecule has 1 aromatic rings. The predicted molar refractivity (Wildman–Crippen MR) is 116 cm³/mol. The van der Waals surface area contributed by atoms with Crippen molar-refractivity contribution >= 4 is 0 Å². The average molecular weight is 366 g/mol. The molecular formula is C23H43NO2. The fourth-order valence-corrected chi connectivity index (χ4v) is 2.17. The molecule has 1 aromatic carbocycles. The topological polar surface area (TPSA) is 41.5 Å². The Morgan fingerprint density at radius 3 is 2.46 bits per heavy atom. The lowest BCUT2D eigenvalue weighted by atomic mass is 9.92. The van der Waals surface area contributed by atoms with E-state index in [1.54, 1.807) is 0 Å². The minimum absolute atomic E-state index is 0. The molecule has 0 bridgehead atoms. The maximum atomic E-state index is 7.00. The molecule has 2 N–H and O–H groups in total. The number of ether oxygens (including phenoxy) is 1. The molecule has 0 spiro atoms. The molecule has 0 heterocycles. The third-order valence-corrected chi connectivity index (χ3v) is 3.81. The lowest BCUT2D eigenvalue weighted by Crippen LogP contribution is -2.05. The van der Waals surface area contributed by atoms with E-state index in [9.17, 15) is 0 Å². The highest BCUT2D eigenvalue weighted by molar-refractivity contribution is 5.28. The second kappa shape index (κ2) is 14.8. The van der Waals surface area contributed by atoms with Gasteiger partial charge in [-0.05, 0) is 61.8 Å².